The molecule has 1 fully saturated rings. The van der Waals surface area contributed by atoms with Crippen LogP contribution in [0, 0.1) is 5.92 Å². The van der Waals surface area contributed by atoms with E-state index in [1.165, 1.54) is 34.9 Å². The van der Waals surface area contributed by atoms with E-state index >= 15 is 0 Å². The highest BCUT2D eigenvalue weighted by Gasteiger charge is 2.31. The molecular formula is C15H20N2. The van der Waals surface area contributed by atoms with E-state index in [0.717, 1.165) is 6.42 Å². The second-order valence-corrected chi connectivity index (χ2v) is 5.23. The lowest BCUT2D eigenvalue weighted by Crippen LogP contribution is -2.11. The predicted molar refractivity (Wildman–Crippen MR) is 71.9 cm³/mol. The summed E-state index contributed by atoms with van der Waals surface area (Å²) in [5.41, 5.74) is 10.5. The van der Waals surface area contributed by atoms with Gasteiger partial charge in [0, 0.05) is 24.7 Å². The van der Waals surface area contributed by atoms with Gasteiger partial charge in [-0.15, -0.1) is 0 Å². The molecule has 1 aromatic heterocycles. The molecule has 2 aromatic rings. The molecule has 0 saturated heterocycles. The zero-order chi connectivity index (χ0) is 12.0. The maximum atomic E-state index is 6.36. The molecule has 1 aliphatic carbocycles. The lowest BCUT2D eigenvalue weighted by atomic mass is 10.0. The highest BCUT2D eigenvalue weighted by Crippen LogP contribution is 2.42. The van der Waals surface area contributed by atoms with Crippen molar-refractivity contribution in [2.45, 2.75) is 32.2 Å². The van der Waals surface area contributed by atoms with Gasteiger partial charge < -0.3 is 10.3 Å². The molecule has 2 nitrogen and oxygen atoms in total. The molecule has 0 amide bonds. The molecule has 0 bridgehead atoms. The molecule has 17 heavy (non-hydrogen) atoms. The van der Waals surface area contributed by atoms with Crippen LogP contribution in [0.15, 0.2) is 24.4 Å². The minimum atomic E-state index is 0.228. The first-order valence-electron chi connectivity index (χ1n) is 6.54. The highest BCUT2D eigenvalue weighted by molar-refractivity contribution is 5.87. The summed E-state index contributed by atoms with van der Waals surface area (Å²) < 4.78 is 2.24. The Morgan fingerprint density at radius 2 is 2.18 bits per heavy atom. The Bertz CT molecular complexity index is 549. The molecule has 0 aliphatic heterocycles. The second-order valence-electron chi connectivity index (χ2n) is 5.23. The van der Waals surface area contributed by atoms with Crippen molar-refractivity contribution in [1.29, 1.82) is 0 Å². The van der Waals surface area contributed by atoms with Crippen molar-refractivity contribution in [1.82, 2.24) is 4.57 Å². The number of benzene rings is 1. The molecule has 1 heterocycles. The second kappa shape index (κ2) is 3.88. The number of rotatable bonds is 3. The molecule has 0 radical (unpaired) electrons. The van der Waals surface area contributed by atoms with E-state index < -0.39 is 0 Å². The number of aryl methyl sites for hydroxylation is 2. The van der Waals surface area contributed by atoms with Crippen LogP contribution in [-0.4, -0.2) is 4.57 Å². The molecule has 0 spiro atoms. The van der Waals surface area contributed by atoms with E-state index in [2.05, 4.69) is 42.9 Å². The van der Waals surface area contributed by atoms with Crippen LogP contribution in [0.2, 0.25) is 0 Å². The van der Waals surface area contributed by atoms with Crippen LogP contribution < -0.4 is 5.73 Å². The van der Waals surface area contributed by atoms with Gasteiger partial charge in [0.25, 0.3) is 0 Å². The summed E-state index contributed by atoms with van der Waals surface area (Å²) >= 11 is 0. The molecule has 1 aromatic carbocycles. The fourth-order valence-corrected chi connectivity index (χ4v) is 2.84. The summed E-state index contributed by atoms with van der Waals surface area (Å²) in [7, 11) is 2.13. The third-order valence-corrected chi connectivity index (χ3v) is 3.99. The van der Waals surface area contributed by atoms with Crippen LogP contribution in [0.4, 0.5) is 0 Å². The van der Waals surface area contributed by atoms with E-state index in [1.54, 1.807) is 0 Å². The lowest BCUT2D eigenvalue weighted by molar-refractivity contribution is 0.636. The highest BCUT2D eigenvalue weighted by atomic mass is 14.9. The van der Waals surface area contributed by atoms with Crippen molar-refractivity contribution >= 4 is 10.9 Å². The van der Waals surface area contributed by atoms with Gasteiger partial charge in [0.15, 0.2) is 0 Å². The number of fused-ring (bicyclic) bond motifs is 1. The number of hydrogen-bond donors (Lipinski definition) is 1. The van der Waals surface area contributed by atoms with Gasteiger partial charge in [-0.25, -0.2) is 0 Å². The standard InChI is InChI=1S/C15H20N2/c1-3-10-5-4-6-12-13(9-17(2)15(10)12)14(16)11-7-8-11/h4-6,9,11,14H,3,7-8,16H2,1-2H3. The summed E-state index contributed by atoms with van der Waals surface area (Å²) in [4.78, 5) is 0. The van der Waals surface area contributed by atoms with Crippen LogP contribution in [0.25, 0.3) is 10.9 Å². The predicted octanol–water partition coefficient (Wildman–Crippen LogP) is 3.15. The molecule has 1 unspecified atom stereocenters. The first-order valence-corrected chi connectivity index (χ1v) is 6.54. The van der Waals surface area contributed by atoms with Gasteiger partial charge >= 0.3 is 0 Å². The van der Waals surface area contributed by atoms with Gasteiger partial charge in [0.05, 0.1) is 5.52 Å². The first-order chi connectivity index (χ1) is 8.22. The van der Waals surface area contributed by atoms with Crippen LogP contribution in [0.3, 0.4) is 0 Å². The lowest BCUT2D eigenvalue weighted by Gasteiger charge is -2.09. The molecule has 90 valence electrons. The van der Waals surface area contributed by atoms with Gasteiger partial charge in [-0.05, 0) is 36.3 Å². The van der Waals surface area contributed by atoms with Crippen LogP contribution >= 0.6 is 0 Å². The third kappa shape index (κ3) is 1.67. The molecule has 3 rings (SSSR count). The molecular weight excluding hydrogens is 208 g/mol. The third-order valence-electron chi connectivity index (χ3n) is 3.99. The first kappa shape index (κ1) is 10.8. The zero-order valence-electron chi connectivity index (χ0n) is 10.6. The van der Waals surface area contributed by atoms with Crippen LogP contribution in [0.1, 0.15) is 36.9 Å². The smallest absolute Gasteiger partial charge is 0.0513 e. The van der Waals surface area contributed by atoms with Gasteiger partial charge in [-0.2, -0.15) is 0 Å². The van der Waals surface area contributed by atoms with E-state index in [0.29, 0.717) is 5.92 Å². The number of para-hydroxylation sites is 1. The fraction of sp³-hybridized carbons (Fsp3) is 0.467. The summed E-state index contributed by atoms with van der Waals surface area (Å²) in [6, 6.07) is 6.82. The Morgan fingerprint density at radius 1 is 1.41 bits per heavy atom. The summed E-state index contributed by atoms with van der Waals surface area (Å²) in [6.45, 7) is 2.21. The van der Waals surface area contributed by atoms with Crippen molar-refractivity contribution in [2.75, 3.05) is 0 Å². The largest absolute Gasteiger partial charge is 0.350 e. The van der Waals surface area contributed by atoms with Gasteiger partial charge in [-0.3, -0.25) is 0 Å². The molecule has 1 aliphatic rings. The van der Waals surface area contributed by atoms with Crippen molar-refractivity contribution < 1.29 is 0 Å². The van der Waals surface area contributed by atoms with Crippen molar-refractivity contribution in [3.8, 4) is 0 Å². The minimum Gasteiger partial charge on any atom is -0.350 e. The van der Waals surface area contributed by atoms with Crippen molar-refractivity contribution in [2.24, 2.45) is 18.7 Å². The number of nitrogens with two attached hydrogens (primary N) is 1. The van der Waals surface area contributed by atoms with Gasteiger partial charge in [0.1, 0.15) is 0 Å². The maximum Gasteiger partial charge on any atom is 0.0513 e. The number of nitrogens with zero attached hydrogens (tertiary/aromatic N) is 1. The minimum absolute atomic E-state index is 0.228. The summed E-state index contributed by atoms with van der Waals surface area (Å²) in [6.07, 6.45) is 5.90. The molecule has 1 atom stereocenters. The van der Waals surface area contributed by atoms with Crippen LogP contribution in [0.5, 0.6) is 0 Å². The molecule has 2 heteroatoms. The summed E-state index contributed by atoms with van der Waals surface area (Å²) in [5, 5.41) is 1.35. The van der Waals surface area contributed by atoms with Crippen LogP contribution in [-0.2, 0) is 13.5 Å². The fourth-order valence-electron chi connectivity index (χ4n) is 2.84. The number of aromatic nitrogens is 1. The summed E-state index contributed by atoms with van der Waals surface area (Å²) in [5.74, 6) is 0.714. The monoisotopic (exact) mass is 228 g/mol. The van der Waals surface area contributed by atoms with E-state index in [4.69, 9.17) is 5.73 Å². The van der Waals surface area contributed by atoms with Crippen molar-refractivity contribution in [3.63, 3.8) is 0 Å². The Balaban J connectivity index is 2.19. The molecule has 1 saturated carbocycles. The van der Waals surface area contributed by atoms with Gasteiger partial charge in [-0.1, -0.05) is 25.1 Å². The average molecular weight is 228 g/mol. The normalized spacial score (nSPS) is 17.6. The topological polar surface area (TPSA) is 30.9 Å². The average Bonchev–Trinajstić information content (AvgIpc) is 3.13. The SMILES string of the molecule is CCc1cccc2c(C(N)C3CC3)cn(C)c12. The molecule has 2 N–H and O–H groups in total. The Morgan fingerprint density at radius 3 is 2.82 bits per heavy atom. The van der Waals surface area contributed by atoms with E-state index in [9.17, 15) is 0 Å². The van der Waals surface area contributed by atoms with Gasteiger partial charge in [0.2, 0.25) is 0 Å². The number of hydrogen-bond acceptors (Lipinski definition) is 1. The Kier molecular flexibility index (Phi) is 2.48. The zero-order valence-corrected chi connectivity index (χ0v) is 10.6. The quantitative estimate of drug-likeness (QED) is 0.859. The Hall–Kier alpha value is -1.28. The maximum absolute atomic E-state index is 6.36. The van der Waals surface area contributed by atoms with Crippen molar-refractivity contribution in [3.05, 3.63) is 35.5 Å². The van der Waals surface area contributed by atoms with E-state index in [-0.39, 0.29) is 6.04 Å². The Labute approximate surface area is 102 Å². The van der Waals surface area contributed by atoms with E-state index in [1.807, 2.05) is 0 Å².